The van der Waals surface area contributed by atoms with Crippen molar-refractivity contribution >= 4 is 17.0 Å². The van der Waals surface area contributed by atoms with E-state index in [2.05, 4.69) is 11.1 Å². The Morgan fingerprint density at radius 1 is 1.00 bits per heavy atom. The molecule has 1 aromatic carbocycles. The SMILES string of the molecule is O=C(NC1CCCCC1)c1ccccc1S(=O)[O-].[NH3+]C1CCCCC1. The van der Waals surface area contributed by atoms with E-state index in [0.29, 0.717) is 0 Å². The van der Waals surface area contributed by atoms with Crippen LogP contribution in [0.4, 0.5) is 0 Å². The number of rotatable bonds is 3. The summed E-state index contributed by atoms with van der Waals surface area (Å²) in [6.45, 7) is 0. The van der Waals surface area contributed by atoms with E-state index < -0.39 is 11.1 Å². The summed E-state index contributed by atoms with van der Waals surface area (Å²) in [6.07, 6.45) is 12.5. The van der Waals surface area contributed by atoms with Crippen LogP contribution in [0.25, 0.3) is 0 Å². The fourth-order valence-corrected chi connectivity index (χ4v) is 4.03. The Morgan fingerprint density at radius 2 is 1.56 bits per heavy atom. The van der Waals surface area contributed by atoms with Crippen molar-refractivity contribution in [3.05, 3.63) is 29.8 Å². The second-order valence-corrected chi connectivity index (χ2v) is 7.95. The van der Waals surface area contributed by atoms with E-state index in [9.17, 15) is 13.6 Å². The van der Waals surface area contributed by atoms with Crippen molar-refractivity contribution < 1.29 is 19.3 Å². The minimum Gasteiger partial charge on any atom is -0.768 e. The number of nitrogens with one attached hydrogen (secondary N) is 1. The summed E-state index contributed by atoms with van der Waals surface area (Å²) < 4.78 is 22.1. The largest absolute Gasteiger partial charge is 0.768 e. The van der Waals surface area contributed by atoms with Gasteiger partial charge in [0.15, 0.2) is 0 Å². The Morgan fingerprint density at radius 3 is 2.08 bits per heavy atom. The molecule has 0 radical (unpaired) electrons. The van der Waals surface area contributed by atoms with Crippen molar-refractivity contribution in [3.63, 3.8) is 0 Å². The maximum absolute atomic E-state index is 12.1. The molecule has 140 valence electrons. The van der Waals surface area contributed by atoms with E-state index in [1.54, 1.807) is 18.2 Å². The molecular formula is C19H30N2O3S. The fourth-order valence-electron chi connectivity index (χ4n) is 3.50. The number of benzene rings is 1. The summed E-state index contributed by atoms with van der Waals surface area (Å²) >= 11 is -2.38. The molecule has 0 aromatic heterocycles. The molecule has 0 aliphatic heterocycles. The molecule has 0 saturated heterocycles. The summed E-state index contributed by atoms with van der Waals surface area (Å²) in [4.78, 5) is 12.1. The van der Waals surface area contributed by atoms with Crippen molar-refractivity contribution in [2.45, 2.75) is 81.2 Å². The minimum atomic E-state index is -2.38. The van der Waals surface area contributed by atoms with Gasteiger partial charge in [0.2, 0.25) is 0 Å². The zero-order valence-electron chi connectivity index (χ0n) is 14.9. The van der Waals surface area contributed by atoms with E-state index in [0.717, 1.165) is 31.7 Å². The number of hydrogen-bond donors (Lipinski definition) is 2. The van der Waals surface area contributed by atoms with Crippen molar-refractivity contribution in [2.24, 2.45) is 0 Å². The topological polar surface area (TPSA) is 96.9 Å². The minimum absolute atomic E-state index is 0.0609. The molecule has 0 bridgehead atoms. The third-order valence-corrected chi connectivity index (χ3v) is 5.69. The highest BCUT2D eigenvalue weighted by Crippen LogP contribution is 2.19. The smallest absolute Gasteiger partial charge is 0.252 e. The quantitative estimate of drug-likeness (QED) is 0.805. The first-order valence-electron chi connectivity index (χ1n) is 9.40. The Kier molecular flexibility index (Phi) is 8.58. The molecule has 4 N–H and O–H groups in total. The van der Waals surface area contributed by atoms with Crippen LogP contribution < -0.4 is 11.1 Å². The van der Waals surface area contributed by atoms with Gasteiger partial charge in [-0.1, -0.05) is 37.8 Å². The molecule has 1 aromatic rings. The molecule has 2 aliphatic carbocycles. The van der Waals surface area contributed by atoms with Gasteiger partial charge in [0.1, 0.15) is 0 Å². The fraction of sp³-hybridized carbons (Fsp3) is 0.632. The summed E-state index contributed by atoms with van der Waals surface area (Å²) in [5.41, 5.74) is 4.23. The van der Waals surface area contributed by atoms with Crippen LogP contribution in [0.5, 0.6) is 0 Å². The van der Waals surface area contributed by atoms with E-state index in [-0.39, 0.29) is 22.4 Å². The number of carbonyl (C=O) groups excluding carboxylic acids is 1. The first-order chi connectivity index (χ1) is 12.1. The van der Waals surface area contributed by atoms with E-state index >= 15 is 0 Å². The second-order valence-electron chi connectivity index (χ2n) is 7.04. The van der Waals surface area contributed by atoms with Gasteiger partial charge in [0, 0.05) is 10.9 Å². The molecule has 1 amide bonds. The molecular weight excluding hydrogens is 336 g/mol. The van der Waals surface area contributed by atoms with Crippen LogP contribution >= 0.6 is 0 Å². The highest BCUT2D eigenvalue weighted by molar-refractivity contribution is 7.79. The molecule has 1 atom stereocenters. The Hall–Kier alpha value is -1.24. The van der Waals surface area contributed by atoms with Gasteiger partial charge in [-0.25, -0.2) is 0 Å². The predicted molar refractivity (Wildman–Crippen MR) is 97.7 cm³/mol. The standard InChI is InChI=1S/C13H17NO3S.C6H13N/c15-13(14-10-6-2-1-3-7-10)11-8-4-5-9-12(11)18(16)17;7-6-4-2-1-3-5-6/h4-5,8-10H,1-3,6-7H2,(H,14,15)(H,16,17);6H,1-5,7H2. The maximum atomic E-state index is 12.1. The van der Waals surface area contributed by atoms with Crippen molar-refractivity contribution in [1.82, 2.24) is 5.32 Å². The normalized spacial score (nSPS) is 20.2. The predicted octanol–water partition coefficient (Wildman–Crippen LogP) is 2.55. The maximum Gasteiger partial charge on any atom is 0.252 e. The Balaban J connectivity index is 0.000000269. The lowest BCUT2D eigenvalue weighted by atomic mass is 9.95. The molecule has 5 nitrogen and oxygen atoms in total. The summed E-state index contributed by atoms with van der Waals surface area (Å²) in [5, 5.41) is 2.92. The molecule has 3 rings (SSSR count). The molecule has 2 fully saturated rings. The van der Waals surface area contributed by atoms with Gasteiger partial charge >= 0.3 is 0 Å². The van der Waals surface area contributed by atoms with Crippen LogP contribution in [0.15, 0.2) is 29.2 Å². The van der Waals surface area contributed by atoms with Crippen LogP contribution in [-0.2, 0) is 11.1 Å². The molecule has 6 heteroatoms. The molecule has 25 heavy (non-hydrogen) atoms. The summed E-state index contributed by atoms with van der Waals surface area (Å²) in [7, 11) is 0. The molecule has 2 aliphatic rings. The molecule has 0 spiro atoms. The average molecular weight is 367 g/mol. The highest BCUT2D eigenvalue weighted by atomic mass is 32.2. The lowest BCUT2D eigenvalue weighted by Gasteiger charge is -2.23. The van der Waals surface area contributed by atoms with Gasteiger partial charge in [0.05, 0.1) is 11.6 Å². The zero-order chi connectivity index (χ0) is 18.1. The van der Waals surface area contributed by atoms with Crippen molar-refractivity contribution in [3.8, 4) is 0 Å². The zero-order valence-corrected chi connectivity index (χ0v) is 15.7. The number of quaternary nitrogens is 1. The Labute approximate surface area is 153 Å². The van der Waals surface area contributed by atoms with Crippen LogP contribution in [0.1, 0.15) is 74.6 Å². The first kappa shape index (κ1) is 20.1. The average Bonchev–Trinajstić information content (AvgIpc) is 2.63. The van der Waals surface area contributed by atoms with Gasteiger partial charge in [-0.05, 0) is 61.7 Å². The van der Waals surface area contributed by atoms with Crippen LogP contribution in [0.3, 0.4) is 0 Å². The van der Waals surface area contributed by atoms with Gasteiger partial charge in [-0.15, -0.1) is 0 Å². The number of carbonyl (C=O) groups is 1. The van der Waals surface area contributed by atoms with E-state index in [1.165, 1.54) is 44.6 Å². The van der Waals surface area contributed by atoms with Crippen LogP contribution in [-0.4, -0.2) is 26.8 Å². The van der Waals surface area contributed by atoms with E-state index in [1.807, 2.05) is 0 Å². The number of hydrogen-bond acceptors (Lipinski definition) is 3. The van der Waals surface area contributed by atoms with E-state index in [4.69, 9.17) is 0 Å². The lowest BCUT2D eigenvalue weighted by Crippen LogP contribution is -2.61. The number of amides is 1. The summed E-state index contributed by atoms with van der Waals surface area (Å²) in [5.74, 6) is -0.290. The van der Waals surface area contributed by atoms with Crippen LogP contribution in [0.2, 0.25) is 0 Å². The second kappa shape index (κ2) is 10.7. The van der Waals surface area contributed by atoms with Gasteiger partial charge in [-0.3, -0.25) is 9.00 Å². The third-order valence-electron chi connectivity index (χ3n) is 4.98. The van der Waals surface area contributed by atoms with Gasteiger partial charge < -0.3 is 15.6 Å². The lowest BCUT2D eigenvalue weighted by molar-refractivity contribution is -0.425. The molecule has 1 unspecified atom stereocenters. The third kappa shape index (κ3) is 6.88. The Bertz CT molecular complexity index is 568. The molecule has 2 saturated carbocycles. The highest BCUT2D eigenvalue weighted by Gasteiger charge is 2.18. The van der Waals surface area contributed by atoms with Crippen LogP contribution in [0, 0.1) is 0 Å². The molecule has 0 heterocycles. The van der Waals surface area contributed by atoms with Crippen molar-refractivity contribution in [1.29, 1.82) is 0 Å². The van der Waals surface area contributed by atoms with Gasteiger partial charge in [-0.2, -0.15) is 0 Å². The van der Waals surface area contributed by atoms with Gasteiger partial charge in [0.25, 0.3) is 5.91 Å². The summed E-state index contributed by atoms with van der Waals surface area (Å²) in [6, 6.07) is 7.24. The monoisotopic (exact) mass is 366 g/mol. The first-order valence-corrected chi connectivity index (χ1v) is 10.5. The van der Waals surface area contributed by atoms with Crippen molar-refractivity contribution in [2.75, 3.05) is 0 Å².